The molecule has 1 aliphatic rings. The van der Waals surface area contributed by atoms with E-state index < -0.39 is 0 Å². The Kier molecular flexibility index (Phi) is 7.54. The maximum atomic E-state index is 12.9. The minimum atomic E-state index is -0.218. The first-order valence-corrected chi connectivity index (χ1v) is 11.2. The maximum Gasteiger partial charge on any atom is 0.252 e. The Balaban J connectivity index is 1.58. The highest BCUT2D eigenvalue weighted by Gasteiger charge is 2.26. The van der Waals surface area contributed by atoms with Crippen molar-refractivity contribution >= 4 is 16.8 Å². The average Bonchev–Trinajstić information content (AvgIpc) is 2.84. The molecule has 0 bridgehead atoms. The topological polar surface area (TPSA) is 72.9 Å². The molecule has 4 rings (SSSR count). The van der Waals surface area contributed by atoms with Gasteiger partial charge < -0.3 is 19.5 Å². The van der Waals surface area contributed by atoms with Gasteiger partial charge in [-0.2, -0.15) is 0 Å². The summed E-state index contributed by atoms with van der Waals surface area (Å²) in [4.78, 5) is 20.1. The number of aromatic nitrogens is 1. The molecule has 1 saturated heterocycles. The van der Waals surface area contributed by atoms with Gasteiger partial charge in [-0.05, 0) is 24.6 Å². The molecule has 2 heterocycles. The first kappa shape index (κ1) is 23.2. The van der Waals surface area contributed by atoms with Crippen LogP contribution in [0, 0.1) is 6.92 Å². The molecule has 1 aromatic heterocycles. The number of nitrogens with one attached hydrogen (secondary N) is 1. The van der Waals surface area contributed by atoms with Gasteiger partial charge in [0.25, 0.3) is 5.91 Å². The summed E-state index contributed by atoms with van der Waals surface area (Å²) < 4.78 is 16.8. The smallest absolute Gasteiger partial charge is 0.252 e. The van der Waals surface area contributed by atoms with E-state index in [0.717, 1.165) is 46.6 Å². The van der Waals surface area contributed by atoms with E-state index >= 15 is 0 Å². The Morgan fingerprint density at radius 1 is 1.21 bits per heavy atom. The largest absolute Gasteiger partial charge is 0.496 e. The van der Waals surface area contributed by atoms with Gasteiger partial charge in [-0.15, -0.1) is 0 Å². The van der Waals surface area contributed by atoms with E-state index in [4.69, 9.17) is 19.2 Å². The lowest BCUT2D eigenvalue weighted by molar-refractivity contribution is -0.0350. The van der Waals surface area contributed by atoms with Crippen molar-refractivity contribution in [2.24, 2.45) is 0 Å². The van der Waals surface area contributed by atoms with Gasteiger partial charge in [0.15, 0.2) is 0 Å². The second-order valence-electron chi connectivity index (χ2n) is 8.22. The highest BCUT2D eigenvalue weighted by molar-refractivity contribution is 6.06. The molecule has 3 aromatic rings. The Morgan fingerprint density at radius 2 is 2.06 bits per heavy atom. The van der Waals surface area contributed by atoms with Crippen molar-refractivity contribution in [2.75, 3.05) is 47.1 Å². The first-order valence-electron chi connectivity index (χ1n) is 11.2. The molecule has 1 fully saturated rings. The molecule has 33 heavy (non-hydrogen) atoms. The van der Waals surface area contributed by atoms with Crippen LogP contribution in [0.3, 0.4) is 0 Å². The van der Waals surface area contributed by atoms with Gasteiger partial charge >= 0.3 is 0 Å². The standard InChI is InChI=1S/C26H31N3O4/c1-18-7-6-8-19(25(18)32-3)16-29-12-14-33-24(17-29)23-15-21(26(30)27-11-13-31-2)20-9-4-5-10-22(20)28-23/h4-10,15,24H,11-14,16-17H2,1-3H3,(H,27,30)/t24-/m1/s1. The van der Waals surface area contributed by atoms with Crippen LogP contribution in [0.4, 0.5) is 0 Å². The number of para-hydroxylation sites is 2. The Hall–Kier alpha value is -3.00. The van der Waals surface area contributed by atoms with Gasteiger partial charge in [-0.1, -0.05) is 36.4 Å². The fourth-order valence-corrected chi connectivity index (χ4v) is 4.31. The number of carbonyl (C=O) groups is 1. The Morgan fingerprint density at radius 3 is 2.88 bits per heavy atom. The zero-order chi connectivity index (χ0) is 23.2. The molecule has 174 valence electrons. The molecule has 0 aliphatic carbocycles. The normalized spacial score (nSPS) is 16.6. The highest BCUT2D eigenvalue weighted by Crippen LogP contribution is 2.29. The highest BCUT2D eigenvalue weighted by atomic mass is 16.5. The fraction of sp³-hybridized carbons (Fsp3) is 0.385. The lowest BCUT2D eigenvalue weighted by atomic mass is 10.0. The molecule has 0 unspecified atom stereocenters. The van der Waals surface area contributed by atoms with Crippen molar-refractivity contribution < 1.29 is 19.0 Å². The molecular weight excluding hydrogens is 418 g/mol. The van der Waals surface area contributed by atoms with Crippen LogP contribution in [0.5, 0.6) is 5.75 Å². The van der Waals surface area contributed by atoms with Crippen LogP contribution in [-0.4, -0.2) is 62.9 Å². The van der Waals surface area contributed by atoms with Gasteiger partial charge in [-0.25, -0.2) is 4.98 Å². The molecule has 1 atom stereocenters. The molecule has 2 aromatic carbocycles. The number of methoxy groups -OCH3 is 2. The van der Waals surface area contributed by atoms with E-state index in [9.17, 15) is 4.79 Å². The molecule has 1 N–H and O–H groups in total. The molecule has 1 amide bonds. The summed E-state index contributed by atoms with van der Waals surface area (Å²) in [5.41, 5.74) is 4.44. The minimum Gasteiger partial charge on any atom is -0.496 e. The summed E-state index contributed by atoms with van der Waals surface area (Å²) in [6.07, 6.45) is -0.218. The zero-order valence-corrected chi connectivity index (χ0v) is 19.5. The van der Waals surface area contributed by atoms with Crippen molar-refractivity contribution in [2.45, 2.75) is 19.6 Å². The zero-order valence-electron chi connectivity index (χ0n) is 19.5. The number of ether oxygens (including phenoxy) is 3. The Bertz CT molecular complexity index is 1120. The van der Waals surface area contributed by atoms with Crippen molar-refractivity contribution in [3.8, 4) is 5.75 Å². The fourth-order valence-electron chi connectivity index (χ4n) is 4.31. The molecular formula is C26H31N3O4. The second kappa shape index (κ2) is 10.7. The summed E-state index contributed by atoms with van der Waals surface area (Å²) in [5.74, 6) is 0.795. The van der Waals surface area contributed by atoms with E-state index in [2.05, 4.69) is 35.3 Å². The number of hydrogen-bond acceptors (Lipinski definition) is 6. The van der Waals surface area contributed by atoms with E-state index in [0.29, 0.717) is 31.9 Å². The molecule has 7 nitrogen and oxygen atoms in total. The van der Waals surface area contributed by atoms with Crippen LogP contribution in [0.2, 0.25) is 0 Å². The summed E-state index contributed by atoms with van der Waals surface area (Å²) in [6.45, 7) is 5.85. The number of fused-ring (bicyclic) bond motifs is 1. The lowest BCUT2D eigenvalue weighted by Gasteiger charge is -2.33. The number of amides is 1. The number of morpholine rings is 1. The van der Waals surface area contributed by atoms with Crippen molar-refractivity contribution in [3.05, 3.63) is 70.9 Å². The van der Waals surface area contributed by atoms with Crippen LogP contribution in [0.15, 0.2) is 48.5 Å². The average molecular weight is 450 g/mol. The summed E-state index contributed by atoms with van der Waals surface area (Å²) in [7, 11) is 3.33. The van der Waals surface area contributed by atoms with Crippen molar-refractivity contribution in [1.29, 1.82) is 0 Å². The molecule has 0 radical (unpaired) electrons. The van der Waals surface area contributed by atoms with E-state index in [1.807, 2.05) is 30.3 Å². The number of aryl methyl sites for hydroxylation is 1. The van der Waals surface area contributed by atoms with Gasteiger partial charge in [0.1, 0.15) is 11.9 Å². The number of benzene rings is 2. The Labute approximate surface area is 194 Å². The van der Waals surface area contributed by atoms with Crippen LogP contribution in [-0.2, 0) is 16.0 Å². The molecule has 0 spiro atoms. The van der Waals surface area contributed by atoms with Crippen LogP contribution in [0.1, 0.15) is 33.3 Å². The second-order valence-corrected chi connectivity index (χ2v) is 8.22. The predicted molar refractivity (Wildman–Crippen MR) is 128 cm³/mol. The van der Waals surface area contributed by atoms with Crippen LogP contribution < -0.4 is 10.1 Å². The third kappa shape index (κ3) is 5.33. The number of carbonyl (C=O) groups excluding carboxylic acids is 1. The van der Waals surface area contributed by atoms with Crippen molar-refractivity contribution in [3.63, 3.8) is 0 Å². The monoisotopic (exact) mass is 449 g/mol. The quantitative estimate of drug-likeness (QED) is 0.531. The molecule has 7 heteroatoms. The number of rotatable bonds is 8. The van der Waals surface area contributed by atoms with E-state index in [-0.39, 0.29) is 12.0 Å². The maximum absolute atomic E-state index is 12.9. The van der Waals surface area contributed by atoms with Gasteiger partial charge in [-0.3, -0.25) is 9.69 Å². The molecule has 0 saturated carbocycles. The molecule has 1 aliphatic heterocycles. The number of nitrogens with zero attached hydrogens (tertiary/aromatic N) is 2. The third-order valence-electron chi connectivity index (χ3n) is 5.94. The predicted octanol–water partition coefficient (Wildman–Crippen LogP) is 3.50. The SMILES string of the molecule is COCCNC(=O)c1cc([C@H]2CN(Cc3cccc(C)c3OC)CCO2)nc2ccccc12. The van der Waals surface area contributed by atoms with Crippen molar-refractivity contribution in [1.82, 2.24) is 15.2 Å². The first-order chi connectivity index (χ1) is 16.1. The van der Waals surface area contributed by atoms with Crippen LogP contribution >= 0.6 is 0 Å². The van der Waals surface area contributed by atoms with E-state index in [1.54, 1.807) is 14.2 Å². The van der Waals surface area contributed by atoms with Gasteiger partial charge in [0, 0.05) is 44.2 Å². The number of hydrogen-bond donors (Lipinski definition) is 1. The third-order valence-corrected chi connectivity index (χ3v) is 5.94. The number of pyridine rings is 1. The van der Waals surface area contributed by atoms with Gasteiger partial charge in [0.05, 0.1) is 37.1 Å². The summed E-state index contributed by atoms with van der Waals surface area (Å²) >= 11 is 0. The van der Waals surface area contributed by atoms with Crippen LogP contribution in [0.25, 0.3) is 10.9 Å². The van der Waals surface area contributed by atoms with E-state index in [1.165, 1.54) is 0 Å². The van der Waals surface area contributed by atoms with Gasteiger partial charge in [0.2, 0.25) is 0 Å². The lowest BCUT2D eigenvalue weighted by Crippen LogP contribution is -2.38. The summed E-state index contributed by atoms with van der Waals surface area (Å²) in [6, 6.07) is 15.8. The minimum absolute atomic E-state index is 0.135. The summed E-state index contributed by atoms with van der Waals surface area (Å²) in [5, 5.41) is 3.75.